The summed E-state index contributed by atoms with van der Waals surface area (Å²) in [6, 6.07) is 7.64. The number of hydrogen-bond donors (Lipinski definition) is 0. The molecular weight excluding hydrogens is 298 g/mol. The molecule has 0 aliphatic carbocycles. The maximum Gasteiger partial charge on any atom is 0.164 e. The highest BCUT2D eigenvalue weighted by atomic mass is 79.9. The number of rotatable bonds is 4. The van der Waals surface area contributed by atoms with Crippen LogP contribution >= 0.6 is 27.7 Å². The van der Waals surface area contributed by atoms with Crippen molar-refractivity contribution in [2.24, 2.45) is 0 Å². The van der Waals surface area contributed by atoms with Gasteiger partial charge < -0.3 is 4.90 Å². The molecule has 4 heteroatoms. The van der Waals surface area contributed by atoms with Crippen LogP contribution < -0.4 is 0 Å². The molecule has 0 bridgehead atoms. The second-order valence-electron chi connectivity index (χ2n) is 4.14. The molecule has 17 heavy (non-hydrogen) atoms. The molecule has 0 saturated carbocycles. The predicted molar refractivity (Wildman–Crippen MR) is 76.9 cm³/mol. The number of halogens is 1. The number of Topliss-reactive ketones (excluding diaryl/α,β-unsaturated/α-hetero) is 1. The molecular formula is C13H16BrNOS. The predicted octanol–water partition coefficient (Wildman–Crippen LogP) is 3.07. The van der Waals surface area contributed by atoms with Gasteiger partial charge in [0.05, 0.1) is 0 Å². The van der Waals surface area contributed by atoms with Crippen LogP contribution in [0.3, 0.4) is 0 Å². The Bertz CT molecular complexity index is 391. The van der Waals surface area contributed by atoms with E-state index in [1.165, 1.54) is 11.5 Å². The number of nitrogens with zero attached hydrogens (tertiary/aromatic N) is 1. The van der Waals surface area contributed by atoms with Gasteiger partial charge in [0.2, 0.25) is 0 Å². The molecule has 1 aliphatic rings. The molecule has 2 nitrogen and oxygen atoms in total. The van der Waals surface area contributed by atoms with E-state index in [4.69, 9.17) is 0 Å². The van der Waals surface area contributed by atoms with Crippen LogP contribution in [0.4, 0.5) is 0 Å². The fourth-order valence-corrected chi connectivity index (χ4v) is 3.27. The lowest BCUT2D eigenvalue weighted by Gasteiger charge is -2.25. The molecule has 1 saturated heterocycles. The summed E-state index contributed by atoms with van der Waals surface area (Å²) < 4.78 is 0.970. The molecule has 2 rings (SSSR count). The molecule has 1 aromatic rings. The maximum absolute atomic E-state index is 12.0. The smallest absolute Gasteiger partial charge is 0.164 e. The number of benzene rings is 1. The van der Waals surface area contributed by atoms with Gasteiger partial charge in [-0.2, -0.15) is 11.8 Å². The zero-order valence-corrected chi connectivity index (χ0v) is 12.1. The molecule has 1 aromatic carbocycles. The highest BCUT2D eigenvalue weighted by Crippen LogP contribution is 2.14. The lowest BCUT2D eigenvalue weighted by atomic mass is 10.1. The van der Waals surface area contributed by atoms with E-state index in [1.54, 1.807) is 0 Å². The van der Waals surface area contributed by atoms with Crippen molar-refractivity contribution in [3.63, 3.8) is 0 Å². The summed E-state index contributed by atoms with van der Waals surface area (Å²) in [7, 11) is 0. The van der Waals surface area contributed by atoms with Crippen LogP contribution in [0, 0.1) is 0 Å². The molecule has 0 N–H and O–H groups in total. The second-order valence-corrected chi connectivity index (χ2v) is 6.28. The number of ketones is 1. The summed E-state index contributed by atoms with van der Waals surface area (Å²) >= 11 is 5.39. The highest BCUT2D eigenvalue weighted by Gasteiger charge is 2.12. The van der Waals surface area contributed by atoms with Crippen molar-refractivity contribution in [3.05, 3.63) is 34.3 Å². The summed E-state index contributed by atoms with van der Waals surface area (Å²) in [5.74, 6) is 2.64. The third kappa shape index (κ3) is 4.12. The fourth-order valence-electron chi connectivity index (χ4n) is 1.89. The lowest BCUT2D eigenvalue weighted by Crippen LogP contribution is -2.34. The van der Waals surface area contributed by atoms with E-state index in [0.717, 1.165) is 29.7 Å². The molecule has 0 atom stereocenters. The van der Waals surface area contributed by atoms with Crippen LogP contribution in [-0.4, -0.2) is 41.8 Å². The SMILES string of the molecule is O=C(CCN1CCSCC1)c1cccc(Br)c1. The van der Waals surface area contributed by atoms with Crippen LogP contribution in [0.15, 0.2) is 28.7 Å². The molecule has 0 aromatic heterocycles. The van der Waals surface area contributed by atoms with Gasteiger partial charge in [-0.15, -0.1) is 0 Å². The quantitative estimate of drug-likeness (QED) is 0.797. The van der Waals surface area contributed by atoms with Gasteiger partial charge in [0.1, 0.15) is 0 Å². The number of hydrogen-bond acceptors (Lipinski definition) is 3. The van der Waals surface area contributed by atoms with Gasteiger partial charge in [-0.05, 0) is 12.1 Å². The Hall–Kier alpha value is -0.320. The summed E-state index contributed by atoms with van der Waals surface area (Å²) in [6.45, 7) is 3.14. The summed E-state index contributed by atoms with van der Waals surface area (Å²) in [6.07, 6.45) is 0.626. The van der Waals surface area contributed by atoms with Crippen LogP contribution in [0.25, 0.3) is 0 Å². The van der Waals surface area contributed by atoms with E-state index < -0.39 is 0 Å². The van der Waals surface area contributed by atoms with Gasteiger partial charge in [-0.1, -0.05) is 28.1 Å². The summed E-state index contributed by atoms with van der Waals surface area (Å²) in [5.41, 5.74) is 0.811. The third-order valence-electron chi connectivity index (χ3n) is 2.91. The van der Waals surface area contributed by atoms with E-state index in [-0.39, 0.29) is 5.78 Å². The Kier molecular flexibility index (Phi) is 5.07. The zero-order chi connectivity index (χ0) is 12.1. The largest absolute Gasteiger partial charge is 0.301 e. The minimum atomic E-state index is 0.240. The summed E-state index contributed by atoms with van der Waals surface area (Å²) in [4.78, 5) is 14.4. The Morgan fingerprint density at radius 2 is 2.12 bits per heavy atom. The number of carbonyl (C=O) groups is 1. The molecule has 0 spiro atoms. The van der Waals surface area contributed by atoms with Crippen molar-refractivity contribution in [2.45, 2.75) is 6.42 Å². The van der Waals surface area contributed by atoms with Gasteiger partial charge in [0, 0.05) is 47.6 Å². The van der Waals surface area contributed by atoms with Crippen molar-refractivity contribution in [1.29, 1.82) is 0 Å². The monoisotopic (exact) mass is 313 g/mol. The van der Waals surface area contributed by atoms with E-state index in [0.29, 0.717) is 6.42 Å². The fraction of sp³-hybridized carbons (Fsp3) is 0.462. The molecule has 0 amide bonds. The van der Waals surface area contributed by atoms with Gasteiger partial charge in [0.15, 0.2) is 5.78 Å². The van der Waals surface area contributed by atoms with E-state index in [9.17, 15) is 4.79 Å². The first-order chi connectivity index (χ1) is 8.25. The van der Waals surface area contributed by atoms with Gasteiger partial charge >= 0.3 is 0 Å². The first kappa shape index (κ1) is 13.1. The minimum Gasteiger partial charge on any atom is -0.301 e. The Balaban J connectivity index is 1.84. The maximum atomic E-state index is 12.0. The minimum absolute atomic E-state index is 0.240. The Morgan fingerprint density at radius 3 is 2.82 bits per heavy atom. The Morgan fingerprint density at radius 1 is 1.35 bits per heavy atom. The van der Waals surface area contributed by atoms with Crippen molar-refractivity contribution in [2.75, 3.05) is 31.1 Å². The van der Waals surface area contributed by atoms with Crippen molar-refractivity contribution < 1.29 is 4.79 Å². The van der Waals surface area contributed by atoms with Crippen LogP contribution in [0.1, 0.15) is 16.8 Å². The zero-order valence-electron chi connectivity index (χ0n) is 9.69. The molecule has 1 fully saturated rings. The van der Waals surface area contributed by atoms with Crippen LogP contribution in [-0.2, 0) is 0 Å². The summed E-state index contributed by atoms with van der Waals surface area (Å²) in [5, 5.41) is 0. The molecule has 1 heterocycles. The van der Waals surface area contributed by atoms with Crippen LogP contribution in [0.2, 0.25) is 0 Å². The second kappa shape index (κ2) is 6.57. The molecule has 0 radical (unpaired) electrons. The first-order valence-electron chi connectivity index (χ1n) is 5.84. The van der Waals surface area contributed by atoms with Crippen LogP contribution in [0.5, 0.6) is 0 Å². The van der Waals surface area contributed by atoms with E-state index >= 15 is 0 Å². The molecule has 1 aliphatic heterocycles. The van der Waals surface area contributed by atoms with Crippen molar-refractivity contribution >= 4 is 33.5 Å². The molecule has 92 valence electrons. The average molecular weight is 314 g/mol. The number of thioether (sulfide) groups is 1. The standard InChI is InChI=1S/C13H16BrNOS/c14-12-3-1-2-11(10-12)13(16)4-5-15-6-8-17-9-7-15/h1-3,10H,4-9H2. The topological polar surface area (TPSA) is 20.3 Å². The first-order valence-corrected chi connectivity index (χ1v) is 7.79. The average Bonchev–Trinajstić information content (AvgIpc) is 2.37. The number of carbonyl (C=O) groups excluding carboxylic acids is 1. The van der Waals surface area contributed by atoms with E-state index in [2.05, 4.69) is 20.8 Å². The van der Waals surface area contributed by atoms with Gasteiger partial charge in [-0.3, -0.25) is 4.79 Å². The molecule has 0 unspecified atom stereocenters. The third-order valence-corrected chi connectivity index (χ3v) is 4.34. The normalized spacial score (nSPS) is 17.0. The Labute approximate surface area is 115 Å². The highest BCUT2D eigenvalue weighted by molar-refractivity contribution is 9.10. The van der Waals surface area contributed by atoms with E-state index in [1.807, 2.05) is 36.0 Å². The van der Waals surface area contributed by atoms with Gasteiger partial charge in [0.25, 0.3) is 0 Å². The lowest BCUT2D eigenvalue weighted by molar-refractivity contribution is 0.0966. The van der Waals surface area contributed by atoms with Crippen molar-refractivity contribution in [1.82, 2.24) is 4.90 Å². The van der Waals surface area contributed by atoms with Crippen molar-refractivity contribution in [3.8, 4) is 0 Å². The van der Waals surface area contributed by atoms with Gasteiger partial charge in [-0.25, -0.2) is 0 Å².